The summed E-state index contributed by atoms with van der Waals surface area (Å²) in [4.78, 5) is 24.1. The first kappa shape index (κ1) is 21.1. The average molecular weight is 421 g/mol. The number of carbonyl (C=O) groups is 1. The van der Waals surface area contributed by atoms with Gasteiger partial charge in [0.2, 0.25) is 5.91 Å². The third-order valence-corrected chi connectivity index (χ3v) is 5.45. The summed E-state index contributed by atoms with van der Waals surface area (Å²) >= 11 is 0. The molecule has 0 radical (unpaired) electrons. The van der Waals surface area contributed by atoms with Gasteiger partial charge in [0.1, 0.15) is 5.82 Å². The van der Waals surface area contributed by atoms with E-state index in [2.05, 4.69) is 25.3 Å². The van der Waals surface area contributed by atoms with Crippen LogP contribution in [0.3, 0.4) is 0 Å². The van der Waals surface area contributed by atoms with E-state index in [9.17, 15) is 4.79 Å². The van der Waals surface area contributed by atoms with Gasteiger partial charge in [0.05, 0.1) is 18.2 Å². The molecule has 1 fully saturated rings. The zero-order chi connectivity index (χ0) is 21.5. The van der Waals surface area contributed by atoms with Crippen LogP contribution in [0.5, 0.6) is 0 Å². The van der Waals surface area contributed by atoms with Crippen molar-refractivity contribution < 1.29 is 9.53 Å². The summed E-state index contributed by atoms with van der Waals surface area (Å²) in [7, 11) is 1.67. The highest BCUT2D eigenvalue weighted by Crippen LogP contribution is 2.21. The molecule has 31 heavy (non-hydrogen) atoms. The number of hydrogen-bond acceptors (Lipinski definition) is 6. The summed E-state index contributed by atoms with van der Waals surface area (Å²) in [6.45, 7) is 3.08. The smallest absolute Gasteiger partial charge is 0.228 e. The molecule has 8 heteroatoms. The number of piperidine rings is 1. The van der Waals surface area contributed by atoms with Crippen molar-refractivity contribution in [3.05, 3.63) is 66.5 Å². The van der Waals surface area contributed by atoms with Crippen LogP contribution in [0.2, 0.25) is 0 Å². The van der Waals surface area contributed by atoms with Crippen LogP contribution in [0.15, 0.2) is 55.1 Å². The van der Waals surface area contributed by atoms with E-state index < -0.39 is 0 Å². The summed E-state index contributed by atoms with van der Waals surface area (Å²) in [5, 5.41) is 7.33. The van der Waals surface area contributed by atoms with Crippen molar-refractivity contribution in [2.75, 3.05) is 32.1 Å². The SMILES string of the molecule is COCCc1ncc(CN2CCC[C@@H](C(=O)Nc3cccc(-n4cccn4)c3)C2)cn1. The van der Waals surface area contributed by atoms with Crippen LogP contribution in [-0.2, 0) is 22.5 Å². The van der Waals surface area contributed by atoms with Gasteiger partial charge in [0.25, 0.3) is 0 Å². The Morgan fingerprint density at radius 3 is 2.90 bits per heavy atom. The summed E-state index contributed by atoms with van der Waals surface area (Å²) in [6, 6.07) is 9.62. The van der Waals surface area contributed by atoms with E-state index in [1.165, 1.54) is 0 Å². The molecule has 1 amide bonds. The molecule has 3 aromatic rings. The molecule has 0 saturated carbocycles. The highest BCUT2D eigenvalue weighted by Gasteiger charge is 2.26. The van der Waals surface area contributed by atoms with E-state index in [0.717, 1.165) is 55.2 Å². The van der Waals surface area contributed by atoms with Gasteiger partial charge in [-0.15, -0.1) is 0 Å². The lowest BCUT2D eigenvalue weighted by molar-refractivity contribution is -0.121. The van der Waals surface area contributed by atoms with Crippen LogP contribution in [-0.4, -0.2) is 57.4 Å². The Morgan fingerprint density at radius 2 is 2.13 bits per heavy atom. The van der Waals surface area contributed by atoms with Gasteiger partial charge in [0, 0.05) is 62.7 Å². The lowest BCUT2D eigenvalue weighted by atomic mass is 9.96. The minimum atomic E-state index is -0.0380. The van der Waals surface area contributed by atoms with E-state index in [0.29, 0.717) is 13.0 Å². The summed E-state index contributed by atoms with van der Waals surface area (Å²) in [6.07, 6.45) is 9.98. The first-order valence-electron chi connectivity index (χ1n) is 10.6. The molecule has 1 aliphatic heterocycles. The Kier molecular flexibility index (Phi) is 7.01. The molecular weight excluding hydrogens is 392 g/mol. The lowest BCUT2D eigenvalue weighted by Crippen LogP contribution is -2.40. The van der Waals surface area contributed by atoms with Gasteiger partial charge in [-0.2, -0.15) is 5.10 Å². The van der Waals surface area contributed by atoms with Crippen molar-refractivity contribution in [3.8, 4) is 5.69 Å². The Bertz CT molecular complexity index is 974. The summed E-state index contributed by atoms with van der Waals surface area (Å²) < 4.78 is 6.85. The highest BCUT2D eigenvalue weighted by atomic mass is 16.5. The van der Waals surface area contributed by atoms with Crippen molar-refractivity contribution in [2.45, 2.75) is 25.8 Å². The molecule has 4 rings (SSSR count). The summed E-state index contributed by atoms with van der Waals surface area (Å²) in [5.74, 6) is 0.816. The molecule has 3 heterocycles. The van der Waals surface area contributed by atoms with Crippen LogP contribution < -0.4 is 5.32 Å². The molecule has 0 bridgehead atoms. The number of benzene rings is 1. The van der Waals surface area contributed by atoms with Gasteiger partial charge in [0.15, 0.2) is 0 Å². The third-order valence-electron chi connectivity index (χ3n) is 5.45. The standard InChI is InChI=1S/C23H28N6O2/c1-31-12-8-22-24-14-18(15-25-22)16-28-10-3-5-19(17-28)23(30)27-20-6-2-7-21(13-20)29-11-4-9-26-29/h2,4,6-7,9,11,13-15,19H,3,5,8,10,12,16-17H2,1H3,(H,27,30)/t19-/m1/s1. The number of likely N-dealkylation sites (tertiary alicyclic amines) is 1. The van der Waals surface area contributed by atoms with Crippen LogP contribution in [0.4, 0.5) is 5.69 Å². The number of amides is 1. The minimum absolute atomic E-state index is 0.0380. The number of nitrogens with one attached hydrogen (secondary N) is 1. The topological polar surface area (TPSA) is 85.2 Å². The molecule has 0 unspecified atom stereocenters. The molecule has 1 aromatic carbocycles. The molecule has 1 saturated heterocycles. The quantitative estimate of drug-likeness (QED) is 0.603. The van der Waals surface area contributed by atoms with Gasteiger partial charge in [-0.1, -0.05) is 6.07 Å². The Labute approximate surface area is 182 Å². The van der Waals surface area contributed by atoms with Crippen LogP contribution in [0, 0.1) is 5.92 Å². The number of carbonyl (C=O) groups excluding carboxylic acids is 1. The summed E-state index contributed by atoms with van der Waals surface area (Å²) in [5.41, 5.74) is 2.77. The average Bonchev–Trinajstić information content (AvgIpc) is 3.34. The second-order valence-electron chi connectivity index (χ2n) is 7.81. The Hall–Kier alpha value is -3.10. The second kappa shape index (κ2) is 10.3. The molecule has 162 valence electrons. The molecule has 1 aliphatic rings. The lowest BCUT2D eigenvalue weighted by Gasteiger charge is -2.31. The fourth-order valence-electron chi connectivity index (χ4n) is 3.85. The van der Waals surface area contributed by atoms with Gasteiger partial charge in [-0.3, -0.25) is 9.69 Å². The number of nitrogens with zero attached hydrogens (tertiary/aromatic N) is 5. The molecule has 2 aromatic heterocycles. The van der Waals surface area contributed by atoms with Crippen LogP contribution in [0.1, 0.15) is 24.2 Å². The molecule has 1 atom stereocenters. The maximum atomic E-state index is 12.9. The Morgan fingerprint density at radius 1 is 1.26 bits per heavy atom. The fourth-order valence-corrected chi connectivity index (χ4v) is 3.85. The van der Waals surface area contributed by atoms with E-state index >= 15 is 0 Å². The van der Waals surface area contributed by atoms with Crippen molar-refractivity contribution in [2.24, 2.45) is 5.92 Å². The predicted molar refractivity (Wildman–Crippen MR) is 118 cm³/mol. The molecular formula is C23H28N6O2. The first-order valence-corrected chi connectivity index (χ1v) is 10.6. The fraction of sp³-hybridized carbons (Fsp3) is 0.391. The van der Waals surface area contributed by atoms with Gasteiger partial charge < -0.3 is 10.1 Å². The monoisotopic (exact) mass is 420 g/mol. The molecule has 8 nitrogen and oxygen atoms in total. The zero-order valence-electron chi connectivity index (χ0n) is 17.8. The zero-order valence-corrected chi connectivity index (χ0v) is 17.8. The normalized spacial score (nSPS) is 16.9. The number of hydrogen-bond donors (Lipinski definition) is 1. The van der Waals surface area contributed by atoms with E-state index in [1.54, 1.807) is 18.0 Å². The van der Waals surface area contributed by atoms with Crippen molar-refractivity contribution in [1.82, 2.24) is 24.6 Å². The van der Waals surface area contributed by atoms with Gasteiger partial charge in [-0.25, -0.2) is 14.6 Å². The molecule has 1 N–H and O–H groups in total. The van der Waals surface area contributed by atoms with E-state index in [-0.39, 0.29) is 11.8 Å². The van der Waals surface area contributed by atoms with Crippen LogP contribution in [0.25, 0.3) is 5.69 Å². The minimum Gasteiger partial charge on any atom is -0.384 e. The van der Waals surface area contributed by atoms with Crippen molar-refractivity contribution >= 4 is 11.6 Å². The van der Waals surface area contributed by atoms with E-state index in [4.69, 9.17) is 4.74 Å². The van der Waals surface area contributed by atoms with E-state index in [1.807, 2.05) is 48.9 Å². The number of rotatable bonds is 8. The maximum Gasteiger partial charge on any atom is 0.228 e. The second-order valence-corrected chi connectivity index (χ2v) is 7.81. The largest absolute Gasteiger partial charge is 0.384 e. The number of aromatic nitrogens is 4. The van der Waals surface area contributed by atoms with Gasteiger partial charge >= 0.3 is 0 Å². The number of anilines is 1. The molecule has 0 spiro atoms. The van der Waals surface area contributed by atoms with Crippen molar-refractivity contribution in [1.29, 1.82) is 0 Å². The maximum absolute atomic E-state index is 12.9. The number of methoxy groups -OCH3 is 1. The van der Waals surface area contributed by atoms with Crippen molar-refractivity contribution in [3.63, 3.8) is 0 Å². The third kappa shape index (κ3) is 5.74. The van der Waals surface area contributed by atoms with Gasteiger partial charge in [-0.05, 0) is 43.7 Å². The predicted octanol–water partition coefficient (Wildman–Crippen LogP) is 2.70. The number of ether oxygens (including phenoxy) is 1. The highest BCUT2D eigenvalue weighted by molar-refractivity contribution is 5.93. The van der Waals surface area contributed by atoms with Crippen LogP contribution >= 0.6 is 0 Å². The Balaban J connectivity index is 1.33. The molecule has 0 aliphatic carbocycles. The first-order chi connectivity index (χ1) is 15.2.